The van der Waals surface area contributed by atoms with Crippen molar-refractivity contribution < 1.29 is 26.7 Å². The van der Waals surface area contributed by atoms with Crippen molar-refractivity contribution in [3.05, 3.63) is 99.8 Å². The molecule has 8 heteroatoms. The summed E-state index contributed by atoms with van der Waals surface area (Å²) < 4.78 is 49.9. The molecule has 0 spiro atoms. The van der Waals surface area contributed by atoms with Crippen LogP contribution in [-0.4, -0.2) is 27.7 Å². The molecule has 146 valence electrons. The van der Waals surface area contributed by atoms with Crippen LogP contribution in [0.4, 0.5) is 0 Å². The van der Waals surface area contributed by atoms with Crippen molar-refractivity contribution >= 4 is 31.2 Å². The lowest BCUT2D eigenvalue weighted by Gasteiger charge is -1.97. The summed E-state index contributed by atoms with van der Waals surface area (Å²) in [5, 5.41) is 10.2. The first-order chi connectivity index (χ1) is 13.8. The van der Waals surface area contributed by atoms with E-state index in [0.717, 1.165) is 0 Å². The third kappa shape index (κ3) is 2.88. The molecule has 0 atom stereocenters. The zero-order valence-electron chi connectivity index (χ0n) is 14.8. The fourth-order valence-electron chi connectivity index (χ4n) is 3.22. The van der Waals surface area contributed by atoms with Crippen LogP contribution >= 0.6 is 0 Å². The Kier molecular flexibility index (Phi) is 4.40. The summed E-state index contributed by atoms with van der Waals surface area (Å²) in [6.07, 6.45) is 6.47. The normalized spacial score (nSPS) is 20.7. The Morgan fingerprint density at radius 1 is 0.724 bits per heavy atom. The summed E-state index contributed by atoms with van der Waals surface area (Å²) in [7, 11) is -7.69. The SMILES string of the molecule is O=C1\C(=C/C=C/C=C/C2=C(O)c3ccccc3S2(=O)=O)S(=O)(=O)c2ccccc21. The fourth-order valence-corrected chi connectivity index (χ4v) is 6.35. The molecule has 29 heavy (non-hydrogen) atoms. The number of allylic oxidation sites excluding steroid dienone is 6. The van der Waals surface area contributed by atoms with Gasteiger partial charge in [0.25, 0.3) is 0 Å². The highest BCUT2D eigenvalue weighted by atomic mass is 32.2. The van der Waals surface area contributed by atoms with Gasteiger partial charge in [0.1, 0.15) is 15.6 Å². The quantitative estimate of drug-likeness (QED) is 0.596. The Labute approximate surface area is 167 Å². The molecule has 2 aliphatic rings. The van der Waals surface area contributed by atoms with Crippen LogP contribution in [0.3, 0.4) is 0 Å². The number of sulfone groups is 2. The van der Waals surface area contributed by atoms with Gasteiger partial charge in [-0.25, -0.2) is 16.8 Å². The van der Waals surface area contributed by atoms with Gasteiger partial charge in [-0.1, -0.05) is 42.5 Å². The van der Waals surface area contributed by atoms with E-state index >= 15 is 0 Å². The molecule has 1 N–H and O–H groups in total. The minimum absolute atomic E-state index is 0.0231. The molecule has 0 amide bonds. The first kappa shape index (κ1) is 19.1. The first-order valence-electron chi connectivity index (χ1n) is 8.48. The number of fused-ring (bicyclic) bond motifs is 2. The average Bonchev–Trinajstić information content (AvgIpc) is 3.02. The molecule has 4 rings (SSSR count). The lowest BCUT2D eigenvalue weighted by atomic mass is 10.1. The molecule has 2 aromatic carbocycles. The Hall–Kier alpha value is -3.23. The standard InChI is InChI=1S/C21H14O6S2/c22-20-14-8-4-6-10-16(14)28(24,25)18(20)12-2-1-3-13-19-21(23)15-9-5-7-11-17(15)29(19,26)27/h1-13,22H/b3-1+,12-2+,19-13+. The summed E-state index contributed by atoms with van der Waals surface area (Å²) in [5.41, 5.74) is 0.367. The second-order valence-electron chi connectivity index (χ2n) is 6.32. The Balaban J connectivity index is 1.61. The predicted octanol–water partition coefficient (Wildman–Crippen LogP) is 3.37. The molecule has 6 nitrogen and oxygen atoms in total. The highest BCUT2D eigenvalue weighted by Gasteiger charge is 2.38. The van der Waals surface area contributed by atoms with Gasteiger partial charge in [-0.3, -0.25) is 4.79 Å². The number of hydrogen-bond acceptors (Lipinski definition) is 6. The maximum absolute atomic E-state index is 12.5. The Morgan fingerprint density at radius 2 is 1.31 bits per heavy atom. The highest BCUT2D eigenvalue weighted by molar-refractivity contribution is 7.97. The van der Waals surface area contributed by atoms with Gasteiger partial charge in [-0.15, -0.1) is 0 Å². The van der Waals surface area contributed by atoms with E-state index in [-0.39, 0.29) is 36.5 Å². The number of carbonyl (C=O) groups excluding carboxylic acids is 1. The monoisotopic (exact) mass is 426 g/mol. The smallest absolute Gasteiger partial charge is 0.211 e. The van der Waals surface area contributed by atoms with Crippen LogP contribution in [0.5, 0.6) is 0 Å². The Bertz CT molecular complexity index is 1390. The molecule has 0 bridgehead atoms. The molecule has 0 aliphatic carbocycles. The van der Waals surface area contributed by atoms with Gasteiger partial charge in [-0.05, 0) is 36.4 Å². The third-order valence-corrected chi connectivity index (χ3v) is 8.29. The molecule has 0 saturated carbocycles. The van der Waals surface area contributed by atoms with Gasteiger partial charge in [0, 0.05) is 11.1 Å². The van der Waals surface area contributed by atoms with Gasteiger partial charge in [-0.2, -0.15) is 0 Å². The molecule has 2 aromatic rings. The number of benzene rings is 2. The minimum Gasteiger partial charge on any atom is -0.506 e. The van der Waals surface area contributed by atoms with Gasteiger partial charge in [0.05, 0.1) is 9.79 Å². The molecule has 0 radical (unpaired) electrons. The second-order valence-corrected chi connectivity index (χ2v) is 10.1. The Morgan fingerprint density at radius 3 is 1.93 bits per heavy atom. The van der Waals surface area contributed by atoms with Crippen LogP contribution in [0.1, 0.15) is 15.9 Å². The largest absolute Gasteiger partial charge is 0.506 e. The van der Waals surface area contributed by atoms with E-state index in [0.29, 0.717) is 0 Å². The minimum atomic E-state index is -3.87. The van der Waals surface area contributed by atoms with Crippen LogP contribution in [0.2, 0.25) is 0 Å². The van der Waals surface area contributed by atoms with Crippen LogP contribution < -0.4 is 0 Å². The van der Waals surface area contributed by atoms with E-state index in [2.05, 4.69) is 0 Å². The van der Waals surface area contributed by atoms with Gasteiger partial charge in [0.15, 0.2) is 0 Å². The fraction of sp³-hybridized carbons (Fsp3) is 0. The predicted molar refractivity (Wildman–Crippen MR) is 107 cm³/mol. The molecule has 0 unspecified atom stereocenters. The van der Waals surface area contributed by atoms with Crippen molar-refractivity contribution in [2.24, 2.45) is 0 Å². The first-order valence-corrected chi connectivity index (χ1v) is 11.4. The molecular weight excluding hydrogens is 412 g/mol. The molecule has 0 aromatic heterocycles. The summed E-state index contributed by atoms with van der Waals surface area (Å²) in [6.45, 7) is 0. The zero-order valence-corrected chi connectivity index (χ0v) is 16.4. The van der Waals surface area contributed by atoms with Crippen molar-refractivity contribution in [1.82, 2.24) is 0 Å². The summed E-state index contributed by atoms with van der Waals surface area (Å²) in [4.78, 5) is 11.7. The van der Waals surface area contributed by atoms with E-state index in [1.165, 1.54) is 54.6 Å². The van der Waals surface area contributed by atoms with Crippen LogP contribution in [0.25, 0.3) is 5.76 Å². The summed E-state index contributed by atoms with van der Waals surface area (Å²) in [5.74, 6) is -0.920. The maximum Gasteiger partial charge on any atom is 0.211 e. The summed E-state index contributed by atoms with van der Waals surface area (Å²) in [6, 6.07) is 12.1. The van der Waals surface area contributed by atoms with E-state index in [1.807, 2.05) is 0 Å². The molecule has 2 aliphatic heterocycles. The van der Waals surface area contributed by atoms with Crippen molar-refractivity contribution in [2.45, 2.75) is 9.79 Å². The zero-order chi connectivity index (χ0) is 20.8. The van der Waals surface area contributed by atoms with E-state index in [1.54, 1.807) is 24.3 Å². The van der Waals surface area contributed by atoms with Crippen molar-refractivity contribution in [2.75, 3.05) is 0 Å². The maximum atomic E-state index is 12.5. The van der Waals surface area contributed by atoms with Crippen molar-refractivity contribution in [1.29, 1.82) is 0 Å². The van der Waals surface area contributed by atoms with E-state index in [9.17, 15) is 26.7 Å². The number of carbonyl (C=O) groups is 1. The van der Waals surface area contributed by atoms with Crippen LogP contribution in [0, 0.1) is 0 Å². The number of aliphatic hydroxyl groups excluding tert-OH is 1. The van der Waals surface area contributed by atoms with Crippen LogP contribution in [0.15, 0.2) is 98.5 Å². The highest BCUT2D eigenvalue weighted by Crippen LogP contribution is 2.38. The van der Waals surface area contributed by atoms with Gasteiger partial charge < -0.3 is 5.11 Å². The third-order valence-electron chi connectivity index (χ3n) is 4.61. The van der Waals surface area contributed by atoms with Crippen molar-refractivity contribution in [3.63, 3.8) is 0 Å². The van der Waals surface area contributed by atoms with Crippen LogP contribution in [-0.2, 0) is 19.7 Å². The van der Waals surface area contributed by atoms with Gasteiger partial charge in [0.2, 0.25) is 25.5 Å². The topological polar surface area (TPSA) is 106 Å². The number of hydrogen-bond donors (Lipinski definition) is 1. The van der Waals surface area contributed by atoms with E-state index in [4.69, 9.17) is 0 Å². The van der Waals surface area contributed by atoms with E-state index < -0.39 is 25.5 Å². The van der Waals surface area contributed by atoms with Gasteiger partial charge >= 0.3 is 0 Å². The number of ketones is 1. The lowest BCUT2D eigenvalue weighted by molar-refractivity contribution is 0.104. The summed E-state index contributed by atoms with van der Waals surface area (Å²) >= 11 is 0. The molecule has 2 heterocycles. The second kappa shape index (κ2) is 6.68. The molecular formula is C21H14O6S2. The average molecular weight is 426 g/mol. The molecule has 0 fully saturated rings. The number of aliphatic hydroxyl groups is 1. The molecule has 0 saturated heterocycles. The number of Topliss-reactive ketones (excluding diaryl/α,β-unsaturated/α-hetero) is 1. The number of rotatable bonds is 3. The lowest BCUT2D eigenvalue weighted by Crippen LogP contribution is -2.01. The van der Waals surface area contributed by atoms with Crippen molar-refractivity contribution in [3.8, 4) is 0 Å².